The fourth-order valence-electron chi connectivity index (χ4n) is 2.33. The first-order valence-corrected chi connectivity index (χ1v) is 6.99. The molecule has 2 amide bonds. The number of Topliss-reactive ketones (excluding diaryl/α,β-unsaturated/α-hetero) is 1. The molecule has 0 spiro atoms. The molecule has 112 valence electrons. The number of aryl methyl sites for hydroxylation is 1. The lowest BCUT2D eigenvalue weighted by Crippen LogP contribution is -2.30. The summed E-state index contributed by atoms with van der Waals surface area (Å²) in [7, 11) is 0. The third kappa shape index (κ3) is 4.30. The van der Waals surface area contributed by atoms with E-state index >= 15 is 0 Å². The number of nitrogens with one attached hydrogen (secondary N) is 2. The average Bonchev–Trinajstić information content (AvgIpc) is 2.61. The maximum Gasteiger partial charge on any atom is 0.319 e. The maximum absolute atomic E-state index is 12.0. The number of carbonyl (C=O) groups is 3. The molecular formula is C15H18N2O4. The molecule has 0 unspecified atom stereocenters. The van der Waals surface area contributed by atoms with Gasteiger partial charge in [-0.3, -0.25) is 9.59 Å². The van der Waals surface area contributed by atoms with Crippen LogP contribution in [0.4, 0.5) is 10.5 Å². The van der Waals surface area contributed by atoms with Crippen LogP contribution in [0.3, 0.4) is 0 Å². The molecule has 0 aliphatic heterocycles. The smallest absolute Gasteiger partial charge is 0.319 e. The highest BCUT2D eigenvalue weighted by Gasteiger charge is 2.16. The van der Waals surface area contributed by atoms with Gasteiger partial charge >= 0.3 is 12.0 Å². The Morgan fingerprint density at radius 3 is 2.71 bits per heavy atom. The summed E-state index contributed by atoms with van der Waals surface area (Å²) in [6.07, 6.45) is 3.19. The van der Waals surface area contributed by atoms with Crippen LogP contribution in [-0.4, -0.2) is 29.4 Å². The van der Waals surface area contributed by atoms with Crippen LogP contribution < -0.4 is 10.6 Å². The number of amides is 2. The van der Waals surface area contributed by atoms with Crippen LogP contribution in [0.1, 0.15) is 41.6 Å². The summed E-state index contributed by atoms with van der Waals surface area (Å²) in [5, 5.41) is 13.6. The number of hydrogen-bond acceptors (Lipinski definition) is 3. The zero-order valence-corrected chi connectivity index (χ0v) is 11.6. The van der Waals surface area contributed by atoms with Gasteiger partial charge in [0.15, 0.2) is 5.78 Å². The van der Waals surface area contributed by atoms with Crippen molar-refractivity contribution in [3.63, 3.8) is 0 Å². The molecule has 0 aromatic heterocycles. The number of urea groups is 1. The van der Waals surface area contributed by atoms with Gasteiger partial charge in [0.2, 0.25) is 0 Å². The van der Waals surface area contributed by atoms with Gasteiger partial charge in [-0.2, -0.15) is 0 Å². The molecule has 1 aliphatic carbocycles. The van der Waals surface area contributed by atoms with E-state index < -0.39 is 12.0 Å². The van der Waals surface area contributed by atoms with Crippen molar-refractivity contribution in [3.8, 4) is 0 Å². The van der Waals surface area contributed by atoms with Gasteiger partial charge in [0, 0.05) is 24.2 Å². The Bertz CT molecular complexity index is 569. The van der Waals surface area contributed by atoms with Crippen LogP contribution >= 0.6 is 0 Å². The SMILES string of the molecule is O=C(O)CCNC(=O)Nc1ccc2c(c1)C(=O)CCCC2. The Morgan fingerprint density at radius 1 is 1.19 bits per heavy atom. The van der Waals surface area contributed by atoms with Crippen molar-refractivity contribution in [3.05, 3.63) is 29.3 Å². The number of carbonyl (C=O) groups excluding carboxylic acids is 2. The van der Waals surface area contributed by atoms with E-state index in [1.54, 1.807) is 12.1 Å². The monoisotopic (exact) mass is 290 g/mol. The lowest BCUT2D eigenvalue weighted by Gasteiger charge is -2.10. The molecule has 0 atom stereocenters. The largest absolute Gasteiger partial charge is 0.481 e. The average molecular weight is 290 g/mol. The molecule has 1 aliphatic rings. The highest BCUT2D eigenvalue weighted by Crippen LogP contribution is 2.23. The van der Waals surface area contributed by atoms with E-state index in [0.717, 1.165) is 24.8 Å². The van der Waals surface area contributed by atoms with Crippen LogP contribution in [0.15, 0.2) is 18.2 Å². The Kier molecular flexibility index (Phi) is 4.92. The molecule has 21 heavy (non-hydrogen) atoms. The second kappa shape index (κ2) is 6.88. The zero-order valence-electron chi connectivity index (χ0n) is 11.6. The molecule has 0 saturated carbocycles. The lowest BCUT2D eigenvalue weighted by atomic mass is 10.0. The van der Waals surface area contributed by atoms with Crippen LogP contribution in [0.25, 0.3) is 0 Å². The first-order valence-electron chi connectivity index (χ1n) is 6.99. The molecule has 3 N–H and O–H groups in total. The Morgan fingerprint density at radius 2 is 1.95 bits per heavy atom. The van der Waals surface area contributed by atoms with Gasteiger partial charge in [-0.1, -0.05) is 6.07 Å². The summed E-state index contributed by atoms with van der Waals surface area (Å²) in [5.74, 6) is -0.858. The third-order valence-corrected chi connectivity index (χ3v) is 3.39. The van der Waals surface area contributed by atoms with Crippen molar-refractivity contribution >= 4 is 23.5 Å². The normalized spacial score (nSPS) is 14.0. The molecule has 0 saturated heterocycles. The van der Waals surface area contributed by atoms with E-state index in [9.17, 15) is 14.4 Å². The minimum absolute atomic E-state index is 0.0606. The first-order chi connectivity index (χ1) is 10.1. The van der Waals surface area contributed by atoms with Crippen molar-refractivity contribution in [2.75, 3.05) is 11.9 Å². The number of fused-ring (bicyclic) bond motifs is 1. The fourth-order valence-corrected chi connectivity index (χ4v) is 2.33. The molecule has 6 heteroatoms. The standard InChI is InChI=1S/C15H18N2O4/c18-13-4-2-1-3-10-5-6-11(9-12(10)13)17-15(21)16-8-7-14(19)20/h5-6,9H,1-4,7-8H2,(H,19,20)(H2,16,17,21). The van der Waals surface area contributed by atoms with Gasteiger partial charge in [0.05, 0.1) is 6.42 Å². The van der Waals surface area contributed by atoms with Gasteiger partial charge in [0.1, 0.15) is 0 Å². The number of ketones is 1. The quantitative estimate of drug-likeness (QED) is 0.741. The van der Waals surface area contributed by atoms with Gasteiger partial charge in [0.25, 0.3) is 0 Å². The summed E-state index contributed by atoms with van der Waals surface area (Å²) in [5.41, 5.74) is 2.24. The Labute approximate surface area is 122 Å². The summed E-state index contributed by atoms with van der Waals surface area (Å²) in [6, 6.07) is 4.84. The molecule has 2 rings (SSSR count). The van der Waals surface area contributed by atoms with Crippen LogP contribution in [-0.2, 0) is 11.2 Å². The number of benzene rings is 1. The fraction of sp³-hybridized carbons (Fsp3) is 0.400. The summed E-state index contributed by atoms with van der Waals surface area (Å²) < 4.78 is 0. The summed E-state index contributed by atoms with van der Waals surface area (Å²) in [4.78, 5) is 34.0. The summed E-state index contributed by atoms with van der Waals surface area (Å²) >= 11 is 0. The highest BCUT2D eigenvalue weighted by atomic mass is 16.4. The molecule has 0 fully saturated rings. The number of anilines is 1. The molecule has 6 nitrogen and oxygen atoms in total. The van der Waals surface area contributed by atoms with Crippen molar-refractivity contribution < 1.29 is 19.5 Å². The van der Waals surface area contributed by atoms with E-state index in [1.165, 1.54) is 0 Å². The highest BCUT2D eigenvalue weighted by molar-refractivity contribution is 5.99. The first kappa shape index (κ1) is 15.0. The predicted molar refractivity (Wildman–Crippen MR) is 77.6 cm³/mol. The Hall–Kier alpha value is -2.37. The van der Waals surface area contributed by atoms with E-state index in [2.05, 4.69) is 10.6 Å². The number of hydrogen-bond donors (Lipinski definition) is 3. The minimum Gasteiger partial charge on any atom is -0.481 e. The second-order valence-electron chi connectivity index (χ2n) is 5.03. The molecule has 1 aromatic carbocycles. The molecule has 0 radical (unpaired) electrons. The van der Waals surface area contributed by atoms with E-state index in [4.69, 9.17) is 5.11 Å². The van der Waals surface area contributed by atoms with Crippen LogP contribution in [0.2, 0.25) is 0 Å². The zero-order chi connectivity index (χ0) is 15.2. The number of rotatable bonds is 4. The predicted octanol–water partition coefficient (Wildman–Crippen LogP) is 2.19. The maximum atomic E-state index is 12.0. The van der Waals surface area contributed by atoms with E-state index in [0.29, 0.717) is 17.7 Å². The Balaban J connectivity index is 1.99. The number of carboxylic acids is 1. The molecule has 1 aromatic rings. The molecule has 0 bridgehead atoms. The van der Waals surface area contributed by atoms with Crippen LogP contribution in [0, 0.1) is 0 Å². The van der Waals surface area contributed by atoms with E-state index in [1.807, 2.05) is 6.07 Å². The van der Waals surface area contributed by atoms with Gasteiger partial charge in [-0.15, -0.1) is 0 Å². The van der Waals surface area contributed by atoms with Crippen molar-refractivity contribution in [1.29, 1.82) is 0 Å². The lowest BCUT2D eigenvalue weighted by molar-refractivity contribution is -0.136. The molecule has 0 heterocycles. The second-order valence-corrected chi connectivity index (χ2v) is 5.03. The van der Waals surface area contributed by atoms with Gasteiger partial charge in [-0.05, 0) is 37.0 Å². The van der Waals surface area contributed by atoms with Crippen LogP contribution in [0.5, 0.6) is 0 Å². The van der Waals surface area contributed by atoms with Crippen molar-refractivity contribution in [2.24, 2.45) is 0 Å². The molecular weight excluding hydrogens is 272 g/mol. The minimum atomic E-state index is -0.967. The topological polar surface area (TPSA) is 95.5 Å². The number of carboxylic acid groups (broad SMARTS) is 1. The van der Waals surface area contributed by atoms with Gasteiger partial charge in [-0.25, -0.2) is 4.79 Å². The number of aliphatic carboxylic acids is 1. The van der Waals surface area contributed by atoms with Crippen molar-refractivity contribution in [1.82, 2.24) is 5.32 Å². The third-order valence-electron chi connectivity index (χ3n) is 3.39. The van der Waals surface area contributed by atoms with E-state index in [-0.39, 0.29) is 18.7 Å². The van der Waals surface area contributed by atoms with Gasteiger partial charge < -0.3 is 15.7 Å². The summed E-state index contributed by atoms with van der Waals surface area (Å²) in [6.45, 7) is 0.0606. The van der Waals surface area contributed by atoms with Crippen molar-refractivity contribution in [2.45, 2.75) is 32.1 Å².